The average Bonchev–Trinajstić information content (AvgIpc) is 2.58. The molecule has 0 unspecified atom stereocenters. The van der Waals surface area contributed by atoms with Crippen LogP contribution in [0.2, 0.25) is 0 Å². The van der Waals surface area contributed by atoms with Gasteiger partial charge in [0.25, 0.3) is 5.91 Å². The Labute approximate surface area is 87.5 Å². The maximum absolute atomic E-state index is 11.5. The molecule has 1 amide bonds. The minimum Gasteiger partial charge on any atom is -0.388 e. The summed E-state index contributed by atoms with van der Waals surface area (Å²) in [6, 6.07) is 1.57. The van der Waals surface area contributed by atoms with Gasteiger partial charge in [-0.1, -0.05) is 5.16 Å². The second-order valence-electron chi connectivity index (χ2n) is 4.09. The molecule has 1 heterocycles. The van der Waals surface area contributed by atoms with Crippen LogP contribution in [0.4, 0.5) is 0 Å². The Morgan fingerprint density at radius 2 is 2.47 bits per heavy atom. The second kappa shape index (κ2) is 3.66. The van der Waals surface area contributed by atoms with Crippen LogP contribution < -0.4 is 5.32 Å². The van der Waals surface area contributed by atoms with Crippen molar-refractivity contribution in [1.29, 1.82) is 0 Å². The fourth-order valence-electron chi connectivity index (χ4n) is 1.56. The van der Waals surface area contributed by atoms with Gasteiger partial charge in [0, 0.05) is 12.6 Å². The number of carbonyl (C=O) groups is 1. The summed E-state index contributed by atoms with van der Waals surface area (Å²) in [5.41, 5.74) is -0.0347. The monoisotopic (exact) mass is 210 g/mol. The number of aryl methyl sites for hydroxylation is 1. The maximum atomic E-state index is 11.5. The lowest BCUT2D eigenvalue weighted by Crippen LogP contribution is -2.47. The van der Waals surface area contributed by atoms with E-state index in [0.29, 0.717) is 5.69 Å². The van der Waals surface area contributed by atoms with Crippen molar-refractivity contribution in [2.24, 2.45) is 0 Å². The number of carbonyl (C=O) groups excluding carboxylic acids is 1. The van der Waals surface area contributed by atoms with Crippen molar-refractivity contribution >= 4 is 5.91 Å². The predicted molar refractivity (Wildman–Crippen MR) is 52.4 cm³/mol. The molecule has 0 aromatic carbocycles. The van der Waals surface area contributed by atoms with Gasteiger partial charge in [-0.3, -0.25) is 4.79 Å². The number of nitrogens with zero attached hydrogens (tertiary/aromatic N) is 1. The molecule has 1 aliphatic rings. The van der Waals surface area contributed by atoms with Gasteiger partial charge in [0.15, 0.2) is 0 Å². The van der Waals surface area contributed by atoms with Gasteiger partial charge in [0.1, 0.15) is 0 Å². The van der Waals surface area contributed by atoms with Crippen molar-refractivity contribution in [1.82, 2.24) is 10.5 Å². The van der Waals surface area contributed by atoms with E-state index in [1.165, 1.54) is 0 Å². The Morgan fingerprint density at radius 1 is 1.73 bits per heavy atom. The van der Waals surface area contributed by atoms with Gasteiger partial charge in [-0.25, -0.2) is 0 Å². The predicted octanol–water partition coefficient (Wildman–Crippen LogP) is 0.628. The number of hydrogen-bond acceptors (Lipinski definition) is 4. The van der Waals surface area contributed by atoms with Crippen LogP contribution in [-0.2, 0) is 0 Å². The highest BCUT2D eigenvalue weighted by atomic mass is 16.5. The van der Waals surface area contributed by atoms with E-state index >= 15 is 0 Å². The van der Waals surface area contributed by atoms with Crippen molar-refractivity contribution in [3.8, 4) is 0 Å². The molecule has 0 bridgehead atoms. The lowest BCUT2D eigenvalue weighted by molar-refractivity contribution is -0.0302. The van der Waals surface area contributed by atoms with E-state index in [0.717, 1.165) is 19.3 Å². The normalized spacial score (nSPS) is 18.3. The molecule has 1 aromatic rings. The second-order valence-corrected chi connectivity index (χ2v) is 4.09. The van der Waals surface area contributed by atoms with Crippen molar-refractivity contribution in [2.45, 2.75) is 31.8 Å². The van der Waals surface area contributed by atoms with Crippen molar-refractivity contribution in [3.05, 3.63) is 17.5 Å². The molecule has 0 spiro atoms. The average molecular weight is 210 g/mol. The molecule has 82 valence electrons. The topological polar surface area (TPSA) is 75.4 Å². The zero-order chi connectivity index (χ0) is 10.9. The Balaban J connectivity index is 1.87. The lowest BCUT2D eigenvalue weighted by Gasteiger charge is -2.36. The van der Waals surface area contributed by atoms with E-state index in [1.54, 1.807) is 13.0 Å². The molecule has 1 aliphatic carbocycles. The lowest BCUT2D eigenvalue weighted by atomic mass is 9.80. The molecule has 1 aromatic heterocycles. The minimum atomic E-state index is -0.704. The van der Waals surface area contributed by atoms with Gasteiger partial charge >= 0.3 is 0 Å². The zero-order valence-electron chi connectivity index (χ0n) is 8.62. The van der Waals surface area contributed by atoms with Gasteiger partial charge < -0.3 is 14.9 Å². The third kappa shape index (κ3) is 2.18. The molecule has 0 aliphatic heterocycles. The summed E-state index contributed by atoms with van der Waals surface area (Å²) in [7, 11) is 0. The molecule has 0 atom stereocenters. The van der Waals surface area contributed by atoms with Crippen LogP contribution in [0.5, 0.6) is 0 Å². The highest BCUT2D eigenvalue weighted by Gasteiger charge is 2.34. The molecule has 1 saturated carbocycles. The molecule has 5 nitrogen and oxygen atoms in total. The molecule has 1 fully saturated rings. The van der Waals surface area contributed by atoms with Gasteiger partial charge in [-0.2, -0.15) is 0 Å². The van der Waals surface area contributed by atoms with Gasteiger partial charge in [-0.05, 0) is 26.2 Å². The Hall–Kier alpha value is -1.36. The largest absolute Gasteiger partial charge is 0.388 e. The molecular weight excluding hydrogens is 196 g/mol. The van der Waals surface area contributed by atoms with Gasteiger partial charge in [0.2, 0.25) is 5.76 Å². The van der Waals surface area contributed by atoms with E-state index in [-0.39, 0.29) is 18.2 Å². The number of aromatic nitrogens is 1. The van der Waals surface area contributed by atoms with Crippen LogP contribution >= 0.6 is 0 Å². The Kier molecular flexibility index (Phi) is 2.48. The van der Waals surface area contributed by atoms with Crippen LogP contribution in [0.25, 0.3) is 0 Å². The van der Waals surface area contributed by atoms with Gasteiger partial charge in [0.05, 0.1) is 11.3 Å². The first-order valence-corrected chi connectivity index (χ1v) is 5.03. The fourth-order valence-corrected chi connectivity index (χ4v) is 1.56. The molecule has 0 radical (unpaired) electrons. The first kappa shape index (κ1) is 10.2. The minimum absolute atomic E-state index is 0.190. The molecular formula is C10H14N2O3. The van der Waals surface area contributed by atoms with Crippen LogP contribution in [0.1, 0.15) is 35.5 Å². The fraction of sp³-hybridized carbons (Fsp3) is 0.600. The zero-order valence-corrected chi connectivity index (χ0v) is 8.62. The summed E-state index contributed by atoms with van der Waals surface area (Å²) >= 11 is 0. The van der Waals surface area contributed by atoms with Crippen molar-refractivity contribution in [3.63, 3.8) is 0 Å². The Morgan fingerprint density at radius 3 is 2.93 bits per heavy atom. The van der Waals surface area contributed by atoms with Crippen molar-refractivity contribution < 1.29 is 14.4 Å². The molecule has 2 rings (SSSR count). The number of rotatable bonds is 3. The van der Waals surface area contributed by atoms with E-state index < -0.39 is 5.60 Å². The summed E-state index contributed by atoms with van der Waals surface area (Å²) in [6.07, 6.45) is 2.53. The summed E-state index contributed by atoms with van der Waals surface area (Å²) in [6.45, 7) is 2.03. The molecule has 15 heavy (non-hydrogen) atoms. The number of aliphatic hydroxyl groups is 1. The number of amides is 1. The highest BCUT2D eigenvalue weighted by Crippen LogP contribution is 2.30. The number of hydrogen-bond donors (Lipinski definition) is 2. The van der Waals surface area contributed by atoms with E-state index in [4.69, 9.17) is 4.52 Å². The van der Waals surface area contributed by atoms with E-state index in [2.05, 4.69) is 10.5 Å². The molecule has 5 heteroatoms. The molecule has 2 N–H and O–H groups in total. The van der Waals surface area contributed by atoms with Crippen LogP contribution in [0, 0.1) is 6.92 Å². The van der Waals surface area contributed by atoms with Gasteiger partial charge in [-0.15, -0.1) is 0 Å². The third-order valence-electron chi connectivity index (χ3n) is 2.71. The standard InChI is InChI=1S/C10H14N2O3/c1-7-5-8(15-12-7)9(13)11-6-10(14)3-2-4-10/h5,14H,2-4,6H2,1H3,(H,11,13). The maximum Gasteiger partial charge on any atom is 0.290 e. The highest BCUT2D eigenvalue weighted by molar-refractivity contribution is 5.91. The van der Waals surface area contributed by atoms with Crippen molar-refractivity contribution in [2.75, 3.05) is 6.54 Å². The first-order valence-electron chi connectivity index (χ1n) is 5.03. The summed E-state index contributed by atoms with van der Waals surface area (Å²) in [5, 5.41) is 16.0. The van der Waals surface area contributed by atoms with Crippen LogP contribution in [-0.4, -0.2) is 28.3 Å². The Bertz CT molecular complexity index is 368. The van der Waals surface area contributed by atoms with E-state index in [1.807, 2.05) is 0 Å². The first-order chi connectivity index (χ1) is 7.09. The van der Waals surface area contributed by atoms with E-state index in [9.17, 15) is 9.90 Å². The summed E-state index contributed by atoms with van der Waals surface area (Å²) < 4.78 is 4.80. The SMILES string of the molecule is Cc1cc(C(=O)NCC2(O)CCC2)on1. The van der Waals surface area contributed by atoms with Crippen LogP contribution in [0.3, 0.4) is 0 Å². The number of nitrogens with one attached hydrogen (secondary N) is 1. The summed E-state index contributed by atoms with van der Waals surface area (Å²) in [5.74, 6) is -0.133. The summed E-state index contributed by atoms with van der Waals surface area (Å²) in [4.78, 5) is 11.5. The third-order valence-corrected chi connectivity index (χ3v) is 2.71. The smallest absolute Gasteiger partial charge is 0.290 e. The van der Waals surface area contributed by atoms with Crippen LogP contribution in [0.15, 0.2) is 10.6 Å². The quantitative estimate of drug-likeness (QED) is 0.767. The molecule has 0 saturated heterocycles.